The van der Waals surface area contributed by atoms with Crippen LogP contribution in [0.3, 0.4) is 0 Å². The van der Waals surface area contributed by atoms with Crippen molar-refractivity contribution in [3.63, 3.8) is 0 Å². The molecule has 0 radical (unpaired) electrons. The molecule has 1 saturated heterocycles. The molecule has 0 aliphatic carbocycles. The van der Waals surface area contributed by atoms with Crippen LogP contribution in [0.1, 0.15) is 26.7 Å². The van der Waals surface area contributed by atoms with E-state index in [2.05, 4.69) is 29.0 Å². The summed E-state index contributed by atoms with van der Waals surface area (Å²) in [5.74, 6) is 0.818. The van der Waals surface area contributed by atoms with E-state index >= 15 is 0 Å². The standard InChI is InChI=1S/C13H21N3OS/c1-10(2)8-15-12(17)11-4-3-6-16(9-11)13-14-5-7-18-13/h5,7,10-11H,3-4,6,8-9H2,1-2H3,(H,15,17). The van der Waals surface area contributed by atoms with E-state index in [0.717, 1.165) is 37.6 Å². The van der Waals surface area contributed by atoms with Crippen molar-refractivity contribution in [3.05, 3.63) is 11.6 Å². The quantitative estimate of drug-likeness (QED) is 0.909. The van der Waals surface area contributed by atoms with Crippen LogP contribution < -0.4 is 10.2 Å². The summed E-state index contributed by atoms with van der Waals surface area (Å²) < 4.78 is 0. The second-order valence-electron chi connectivity index (χ2n) is 5.24. The van der Waals surface area contributed by atoms with E-state index in [-0.39, 0.29) is 11.8 Å². The Morgan fingerprint density at radius 3 is 3.17 bits per heavy atom. The van der Waals surface area contributed by atoms with Gasteiger partial charge < -0.3 is 10.2 Å². The lowest BCUT2D eigenvalue weighted by molar-refractivity contribution is -0.125. The van der Waals surface area contributed by atoms with Crippen LogP contribution >= 0.6 is 11.3 Å². The fraction of sp³-hybridized carbons (Fsp3) is 0.692. The van der Waals surface area contributed by atoms with Crippen LogP contribution in [0.4, 0.5) is 5.13 Å². The van der Waals surface area contributed by atoms with Crippen molar-refractivity contribution in [1.82, 2.24) is 10.3 Å². The number of rotatable bonds is 4. The van der Waals surface area contributed by atoms with Crippen LogP contribution in [-0.2, 0) is 4.79 Å². The summed E-state index contributed by atoms with van der Waals surface area (Å²) in [5.41, 5.74) is 0. The van der Waals surface area contributed by atoms with Crippen LogP contribution in [0.25, 0.3) is 0 Å². The Kier molecular flexibility index (Phi) is 4.58. The molecular formula is C13H21N3OS. The lowest BCUT2D eigenvalue weighted by atomic mass is 9.97. The number of anilines is 1. The van der Waals surface area contributed by atoms with E-state index in [1.165, 1.54) is 0 Å². The maximum absolute atomic E-state index is 12.1. The summed E-state index contributed by atoms with van der Waals surface area (Å²) in [6.07, 6.45) is 3.88. The lowest BCUT2D eigenvalue weighted by Gasteiger charge is -2.31. The first-order valence-electron chi connectivity index (χ1n) is 6.59. The number of carbonyl (C=O) groups is 1. The second kappa shape index (κ2) is 6.18. The molecule has 2 rings (SSSR count). The lowest BCUT2D eigenvalue weighted by Crippen LogP contribution is -2.43. The third kappa shape index (κ3) is 3.45. The molecule has 0 spiro atoms. The van der Waals surface area contributed by atoms with Gasteiger partial charge in [0.25, 0.3) is 0 Å². The summed E-state index contributed by atoms with van der Waals surface area (Å²) in [4.78, 5) is 18.6. The molecule has 2 heterocycles. The molecule has 1 amide bonds. The van der Waals surface area contributed by atoms with Crippen molar-refractivity contribution in [2.45, 2.75) is 26.7 Å². The SMILES string of the molecule is CC(C)CNC(=O)C1CCCN(c2nccs2)C1. The van der Waals surface area contributed by atoms with Crippen LogP contribution in [0.2, 0.25) is 0 Å². The third-order valence-electron chi connectivity index (χ3n) is 3.17. The van der Waals surface area contributed by atoms with Crippen molar-refractivity contribution in [3.8, 4) is 0 Å². The highest BCUT2D eigenvalue weighted by atomic mass is 32.1. The number of piperidine rings is 1. The van der Waals surface area contributed by atoms with Crippen LogP contribution in [0, 0.1) is 11.8 Å². The zero-order chi connectivity index (χ0) is 13.0. The summed E-state index contributed by atoms with van der Waals surface area (Å²) in [5, 5.41) is 6.06. The molecule has 1 aromatic rings. The fourth-order valence-electron chi connectivity index (χ4n) is 2.19. The normalized spacial score (nSPS) is 20.2. The van der Waals surface area contributed by atoms with Crippen molar-refractivity contribution < 1.29 is 4.79 Å². The van der Waals surface area contributed by atoms with Gasteiger partial charge in [0.15, 0.2) is 5.13 Å². The first-order chi connectivity index (χ1) is 8.66. The Hall–Kier alpha value is -1.10. The number of nitrogens with one attached hydrogen (secondary N) is 1. The minimum absolute atomic E-state index is 0.112. The third-order valence-corrected chi connectivity index (χ3v) is 4.00. The molecule has 0 bridgehead atoms. The molecule has 1 aliphatic heterocycles. The Morgan fingerprint density at radius 1 is 1.67 bits per heavy atom. The summed E-state index contributed by atoms with van der Waals surface area (Å²) in [6, 6.07) is 0. The van der Waals surface area contributed by atoms with E-state index in [1.807, 2.05) is 11.6 Å². The van der Waals surface area contributed by atoms with Crippen molar-refractivity contribution in [1.29, 1.82) is 0 Å². The first kappa shape index (κ1) is 13.3. The molecule has 4 nitrogen and oxygen atoms in total. The van der Waals surface area contributed by atoms with Gasteiger partial charge in [-0.25, -0.2) is 4.98 Å². The number of hydrogen-bond acceptors (Lipinski definition) is 4. The maximum Gasteiger partial charge on any atom is 0.224 e. The van der Waals surface area contributed by atoms with E-state index in [0.29, 0.717) is 5.92 Å². The summed E-state index contributed by atoms with van der Waals surface area (Å²) in [7, 11) is 0. The van der Waals surface area contributed by atoms with Gasteiger partial charge in [-0.3, -0.25) is 4.79 Å². The molecule has 1 unspecified atom stereocenters. The number of nitrogens with zero attached hydrogens (tertiary/aromatic N) is 2. The Labute approximate surface area is 112 Å². The second-order valence-corrected chi connectivity index (χ2v) is 6.11. The molecule has 5 heteroatoms. The van der Waals surface area contributed by atoms with Crippen molar-refractivity contribution >= 4 is 22.4 Å². The molecule has 1 aromatic heterocycles. The number of amides is 1. The van der Waals surface area contributed by atoms with E-state index < -0.39 is 0 Å². The van der Waals surface area contributed by atoms with Gasteiger partial charge in [0.05, 0.1) is 5.92 Å². The predicted molar refractivity (Wildman–Crippen MR) is 74.9 cm³/mol. The largest absolute Gasteiger partial charge is 0.356 e. The predicted octanol–water partition coefficient (Wildman–Crippen LogP) is 2.13. The molecule has 18 heavy (non-hydrogen) atoms. The summed E-state index contributed by atoms with van der Waals surface area (Å²) in [6.45, 7) is 6.82. The highest BCUT2D eigenvalue weighted by molar-refractivity contribution is 7.13. The highest BCUT2D eigenvalue weighted by Gasteiger charge is 2.26. The van der Waals surface area contributed by atoms with Gasteiger partial charge in [0.1, 0.15) is 0 Å². The molecule has 1 N–H and O–H groups in total. The van der Waals surface area contributed by atoms with Crippen molar-refractivity contribution in [2.24, 2.45) is 11.8 Å². The molecule has 1 fully saturated rings. The van der Waals surface area contributed by atoms with Crippen LogP contribution in [0.5, 0.6) is 0 Å². The van der Waals surface area contributed by atoms with E-state index in [9.17, 15) is 4.79 Å². The Bertz CT molecular complexity index is 378. The smallest absolute Gasteiger partial charge is 0.224 e. The molecule has 1 atom stereocenters. The topological polar surface area (TPSA) is 45.2 Å². The minimum Gasteiger partial charge on any atom is -0.356 e. The molecule has 0 aromatic carbocycles. The maximum atomic E-state index is 12.1. The zero-order valence-corrected chi connectivity index (χ0v) is 11.9. The molecular weight excluding hydrogens is 246 g/mol. The number of carbonyl (C=O) groups excluding carboxylic acids is 1. The average molecular weight is 267 g/mol. The van der Waals surface area contributed by atoms with Gasteiger partial charge in [-0.1, -0.05) is 13.8 Å². The Morgan fingerprint density at radius 2 is 2.50 bits per heavy atom. The summed E-state index contributed by atoms with van der Waals surface area (Å²) >= 11 is 1.64. The van der Waals surface area contributed by atoms with Gasteiger partial charge >= 0.3 is 0 Å². The fourth-order valence-corrected chi connectivity index (χ4v) is 2.87. The van der Waals surface area contributed by atoms with Gasteiger partial charge in [-0.15, -0.1) is 11.3 Å². The average Bonchev–Trinajstić information content (AvgIpc) is 2.90. The van der Waals surface area contributed by atoms with Crippen LogP contribution in [0.15, 0.2) is 11.6 Å². The Balaban J connectivity index is 1.88. The monoisotopic (exact) mass is 267 g/mol. The van der Waals surface area contributed by atoms with Gasteiger partial charge in [-0.2, -0.15) is 0 Å². The van der Waals surface area contributed by atoms with E-state index in [1.54, 1.807) is 11.3 Å². The molecule has 100 valence electrons. The number of hydrogen-bond donors (Lipinski definition) is 1. The van der Waals surface area contributed by atoms with Crippen LogP contribution in [-0.4, -0.2) is 30.5 Å². The number of thiazole rings is 1. The molecule has 0 saturated carbocycles. The number of aromatic nitrogens is 1. The van der Waals surface area contributed by atoms with Gasteiger partial charge in [0, 0.05) is 31.2 Å². The van der Waals surface area contributed by atoms with Gasteiger partial charge in [-0.05, 0) is 18.8 Å². The minimum atomic E-state index is 0.112. The van der Waals surface area contributed by atoms with E-state index in [4.69, 9.17) is 0 Å². The van der Waals surface area contributed by atoms with Crippen molar-refractivity contribution in [2.75, 3.05) is 24.5 Å². The highest BCUT2D eigenvalue weighted by Crippen LogP contribution is 2.24. The first-order valence-corrected chi connectivity index (χ1v) is 7.47. The molecule has 1 aliphatic rings. The van der Waals surface area contributed by atoms with Gasteiger partial charge in [0.2, 0.25) is 5.91 Å². The zero-order valence-electron chi connectivity index (χ0n) is 11.1.